The molecule has 1 saturated heterocycles. The number of nitrogens with one attached hydrogen (secondary N) is 2. The first-order valence-electron chi connectivity index (χ1n) is 9.95. The topological polar surface area (TPSA) is 37.0 Å². The van der Waals surface area contributed by atoms with Gasteiger partial charge in [0, 0.05) is 35.3 Å². The smallest absolute Gasteiger partial charge is 0.0381 e. The van der Waals surface area contributed by atoms with Crippen LogP contribution in [0.15, 0.2) is 47.2 Å². The average Bonchev–Trinajstić information content (AvgIpc) is 2.69. The molecule has 0 aromatic carbocycles. The zero-order valence-corrected chi connectivity index (χ0v) is 16.4. The first-order valence-corrected chi connectivity index (χ1v) is 10.9. The lowest BCUT2D eigenvalue weighted by Crippen LogP contribution is -2.42. The number of nitrogens with zero attached hydrogens (tertiary/aromatic N) is 1. The van der Waals surface area contributed by atoms with E-state index in [4.69, 9.17) is 0 Å². The summed E-state index contributed by atoms with van der Waals surface area (Å²) in [6, 6.07) is 3.18. The molecule has 0 amide bonds. The van der Waals surface area contributed by atoms with Crippen molar-refractivity contribution in [2.45, 2.75) is 44.7 Å². The third-order valence-electron chi connectivity index (χ3n) is 5.67. The van der Waals surface area contributed by atoms with Gasteiger partial charge in [0.2, 0.25) is 0 Å². The molecule has 1 aromatic heterocycles. The second-order valence-corrected chi connectivity index (χ2v) is 8.75. The van der Waals surface area contributed by atoms with Gasteiger partial charge < -0.3 is 10.6 Å². The second-order valence-electron chi connectivity index (χ2n) is 7.41. The van der Waals surface area contributed by atoms with Gasteiger partial charge >= 0.3 is 0 Å². The van der Waals surface area contributed by atoms with Crippen molar-refractivity contribution < 1.29 is 0 Å². The van der Waals surface area contributed by atoms with E-state index in [2.05, 4.69) is 59.1 Å². The predicted molar refractivity (Wildman–Crippen MR) is 112 cm³/mol. The summed E-state index contributed by atoms with van der Waals surface area (Å²) in [4.78, 5) is 5.83. The second kappa shape index (κ2) is 8.55. The zero-order valence-electron chi connectivity index (χ0n) is 15.6. The van der Waals surface area contributed by atoms with Crippen molar-refractivity contribution in [2.24, 2.45) is 5.92 Å². The minimum atomic E-state index is 0.394. The lowest BCUT2D eigenvalue weighted by atomic mass is 9.80. The lowest BCUT2D eigenvalue weighted by molar-refractivity contribution is 0.344. The molecule has 26 heavy (non-hydrogen) atoms. The zero-order chi connectivity index (χ0) is 17.8. The molecule has 0 bridgehead atoms. The molecule has 1 fully saturated rings. The molecule has 4 rings (SSSR count). The van der Waals surface area contributed by atoms with Gasteiger partial charge in [-0.25, -0.2) is 0 Å². The summed E-state index contributed by atoms with van der Waals surface area (Å²) in [5.41, 5.74) is 4.27. The molecule has 0 spiro atoms. The minimum absolute atomic E-state index is 0.394. The molecule has 0 radical (unpaired) electrons. The van der Waals surface area contributed by atoms with Gasteiger partial charge in [-0.1, -0.05) is 36.8 Å². The minimum Gasteiger partial charge on any atom is -0.317 e. The number of pyridine rings is 1. The first kappa shape index (κ1) is 18.0. The molecule has 2 atom stereocenters. The molecule has 3 nitrogen and oxygen atoms in total. The van der Waals surface area contributed by atoms with Crippen LogP contribution in [0, 0.1) is 5.92 Å². The number of allylic oxidation sites excluding steroid dienone is 3. The first-order chi connectivity index (χ1) is 12.8. The highest BCUT2D eigenvalue weighted by molar-refractivity contribution is 8.03. The maximum atomic E-state index is 4.40. The van der Waals surface area contributed by atoms with E-state index in [1.807, 2.05) is 18.0 Å². The predicted octanol–water partition coefficient (Wildman–Crippen LogP) is 4.46. The number of hydrogen-bond acceptors (Lipinski definition) is 4. The van der Waals surface area contributed by atoms with Crippen molar-refractivity contribution in [2.75, 3.05) is 18.8 Å². The SMILES string of the molecule is CCSC1=CCC(C2=Cc3ccncc3C(NC3CCNCC3)C2)C=C1. The van der Waals surface area contributed by atoms with Gasteiger partial charge in [0.05, 0.1) is 0 Å². The summed E-state index contributed by atoms with van der Waals surface area (Å²) in [5.74, 6) is 1.68. The number of hydrogen-bond donors (Lipinski definition) is 2. The van der Waals surface area contributed by atoms with Gasteiger partial charge in [0.1, 0.15) is 0 Å². The molecular weight excluding hydrogens is 338 g/mol. The summed E-state index contributed by atoms with van der Waals surface area (Å²) in [7, 11) is 0. The highest BCUT2D eigenvalue weighted by Crippen LogP contribution is 2.39. The molecule has 138 valence electrons. The molecule has 1 aromatic rings. The van der Waals surface area contributed by atoms with Crippen LogP contribution < -0.4 is 10.6 Å². The van der Waals surface area contributed by atoms with E-state index < -0.39 is 0 Å². The number of fused-ring (bicyclic) bond motifs is 1. The third kappa shape index (κ3) is 4.13. The molecule has 4 heteroatoms. The van der Waals surface area contributed by atoms with Crippen LogP contribution in [-0.2, 0) is 0 Å². The monoisotopic (exact) mass is 367 g/mol. The highest BCUT2D eigenvalue weighted by Gasteiger charge is 2.27. The van der Waals surface area contributed by atoms with E-state index in [9.17, 15) is 0 Å². The third-order valence-corrected chi connectivity index (χ3v) is 6.60. The van der Waals surface area contributed by atoms with Gasteiger partial charge in [-0.15, -0.1) is 11.8 Å². The van der Waals surface area contributed by atoms with Crippen LogP contribution in [0.1, 0.15) is 49.8 Å². The van der Waals surface area contributed by atoms with Gasteiger partial charge in [0.25, 0.3) is 0 Å². The number of aromatic nitrogens is 1. The number of rotatable bonds is 5. The van der Waals surface area contributed by atoms with Crippen molar-refractivity contribution in [1.29, 1.82) is 0 Å². The Bertz CT molecular complexity index is 716. The fourth-order valence-corrected chi connectivity index (χ4v) is 5.00. The van der Waals surface area contributed by atoms with Crippen molar-refractivity contribution in [1.82, 2.24) is 15.6 Å². The van der Waals surface area contributed by atoms with Crippen molar-refractivity contribution in [3.63, 3.8) is 0 Å². The normalized spacial score (nSPS) is 26.2. The summed E-state index contributed by atoms with van der Waals surface area (Å²) in [5, 5.41) is 7.41. The van der Waals surface area contributed by atoms with Crippen molar-refractivity contribution in [3.8, 4) is 0 Å². The Morgan fingerprint density at radius 3 is 2.96 bits per heavy atom. The van der Waals surface area contributed by atoms with E-state index in [-0.39, 0.29) is 0 Å². The fourth-order valence-electron chi connectivity index (χ4n) is 4.27. The van der Waals surface area contributed by atoms with Crippen molar-refractivity contribution >= 4 is 17.8 Å². The molecule has 2 unspecified atom stereocenters. The van der Waals surface area contributed by atoms with E-state index in [0.29, 0.717) is 18.0 Å². The standard InChI is InChI=1S/C22H29N3S/c1-2-26-20-5-3-16(4-6-20)18-13-17-7-10-24-15-21(17)22(14-18)25-19-8-11-23-12-9-19/h3,5-7,10,13,15-16,19,22-23,25H,2,4,8-9,11-12,14H2,1H3. The summed E-state index contributed by atoms with van der Waals surface area (Å²) in [6.45, 7) is 4.47. The van der Waals surface area contributed by atoms with Crippen molar-refractivity contribution in [3.05, 3.63) is 58.3 Å². The molecule has 1 aliphatic heterocycles. The number of piperidine rings is 1. The van der Waals surface area contributed by atoms with Crippen LogP contribution in [0.3, 0.4) is 0 Å². The van der Waals surface area contributed by atoms with Crippen LogP contribution in [0.2, 0.25) is 0 Å². The average molecular weight is 368 g/mol. The van der Waals surface area contributed by atoms with E-state index >= 15 is 0 Å². The Morgan fingerprint density at radius 1 is 1.31 bits per heavy atom. The molecule has 2 aliphatic carbocycles. The van der Waals surface area contributed by atoms with Crippen LogP contribution in [0.4, 0.5) is 0 Å². The van der Waals surface area contributed by atoms with Gasteiger partial charge in [0.15, 0.2) is 0 Å². The molecule has 0 saturated carbocycles. The Labute approximate surface area is 161 Å². The number of thioether (sulfide) groups is 1. The summed E-state index contributed by atoms with van der Waals surface area (Å²) < 4.78 is 0. The Balaban J connectivity index is 1.52. The Morgan fingerprint density at radius 2 is 2.19 bits per heavy atom. The van der Waals surface area contributed by atoms with Crippen LogP contribution >= 0.6 is 11.8 Å². The maximum absolute atomic E-state index is 4.40. The van der Waals surface area contributed by atoms with E-state index in [1.165, 1.54) is 28.9 Å². The van der Waals surface area contributed by atoms with Crippen LogP contribution in [0.25, 0.3) is 6.08 Å². The van der Waals surface area contributed by atoms with Gasteiger partial charge in [-0.3, -0.25) is 4.98 Å². The maximum Gasteiger partial charge on any atom is 0.0381 e. The Hall–Kier alpha value is -1.36. The largest absolute Gasteiger partial charge is 0.317 e. The van der Waals surface area contributed by atoms with Crippen LogP contribution in [-0.4, -0.2) is 29.9 Å². The quantitative estimate of drug-likeness (QED) is 0.805. The molecule has 2 N–H and O–H groups in total. The van der Waals surface area contributed by atoms with Crippen LogP contribution in [0.5, 0.6) is 0 Å². The molecule has 3 aliphatic rings. The van der Waals surface area contributed by atoms with Gasteiger partial charge in [-0.2, -0.15) is 0 Å². The molecule has 2 heterocycles. The summed E-state index contributed by atoms with van der Waals surface area (Å²) >= 11 is 1.94. The Kier molecular flexibility index (Phi) is 5.93. The van der Waals surface area contributed by atoms with E-state index in [0.717, 1.165) is 31.7 Å². The van der Waals surface area contributed by atoms with Gasteiger partial charge in [-0.05, 0) is 61.7 Å². The fraction of sp³-hybridized carbons (Fsp3) is 0.500. The summed E-state index contributed by atoms with van der Waals surface area (Å²) in [6.07, 6.45) is 18.2. The highest BCUT2D eigenvalue weighted by atomic mass is 32.2. The van der Waals surface area contributed by atoms with E-state index in [1.54, 1.807) is 5.57 Å². The molecular formula is C22H29N3S. The lowest BCUT2D eigenvalue weighted by Gasteiger charge is -2.34.